The van der Waals surface area contributed by atoms with Crippen LogP contribution >= 0.6 is 0 Å². The molecule has 214 valence electrons. The van der Waals surface area contributed by atoms with Gasteiger partial charge in [-0.05, 0) is 79.5 Å². The van der Waals surface area contributed by atoms with Crippen LogP contribution in [0.3, 0.4) is 0 Å². The van der Waals surface area contributed by atoms with E-state index in [0.29, 0.717) is 43.1 Å². The first-order valence-corrected chi connectivity index (χ1v) is 12.5. The van der Waals surface area contributed by atoms with Crippen molar-refractivity contribution in [3.05, 3.63) is 63.7 Å². The molecule has 1 atom stereocenters. The van der Waals surface area contributed by atoms with Gasteiger partial charge in [-0.3, -0.25) is 4.79 Å². The fraction of sp³-hybridized carbons (Fsp3) is 0.519. The van der Waals surface area contributed by atoms with E-state index >= 15 is 0 Å². The van der Waals surface area contributed by atoms with Crippen molar-refractivity contribution in [1.29, 1.82) is 0 Å². The quantitative estimate of drug-likeness (QED) is 0.341. The van der Waals surface area contributed by atoms with Gasteiger partial charge < -0.3 is 9.80 Å². The molecule has 1 fully saturated rings. The second-order valence-electron chi connectivity index (χ2n) is 10.3. The summed E-state index contributed by atoms with van der Waals surface area (Å²) < 4.78 is 122. The number of amides is 1. The van der Waals surface area contributed by atoms with Gasteiger partial charge >= 0.3 is 18.5 Å². The number of carbonyl (C=O) groups is 1. The van der Waals surface area contributed by atoms with Crippen LogP contribution in [-0.2, 0) is 29.9 Å². The number of nitrogens with zero attached hydrogens (tertiary/aromatic N) is 2. The Morgan fingerprint density at radius 3 is 1.95 bits per heavy atom. The van der Waals surface area contributed by atoms with E-state index in [1.54, 1.807) is 0 Å². The number of carbonyl (C=O) groups excluding carboxylic acids is 1. The minimum atomic E-state index is -5.06. The predicted octanol–water partition coefficient (Wildman–Crippen LogP) is 8.15. The summed E-state index contributed by atoms with van der Waals surface area (Å²) in [6.45, 7) is 2.80. The Kier molecular flexibility index (Phi) is 7.63. The van der Waals surface area contributed by atoms with E-state index in [2.05, 4.69) is 0 Å². The smallest absolute Gasteiger partial charge is 0.371 e. The fourth-order valence-electron chi connectivity index (χ4n) is 5.19. The van der Waals surface area contributed by atoms with Gasteiger partial charge in [-0.1, -0.05) is 6.07 Å². The topological polar surface area (TPSA) is 23.6 Å². The number of hydrogen-bond donors (Lipinski definition) is 0. The van der Waals surface area contributed by atoms with Crippen LogP contribution in [0.15, 0.2) is 30.3 Å². The van der Waals surface area contributed by atoms with Crippen molar-refractivity contribution < 1.29 is 44.3 Å². The number of benzene rings is 2. The summed E-state index contributed by atoms with van der Waals surface area (Å²) in [6, 6.07) is 2.71. The highest BCUT2D eigenvalue weighted by atomic mass is 19.4. The highest BCUT2D eigenvalue weighted by molar-refractivity contribution is 5.75. The molecule has 2 aromatic carbocycles. The van der Waals surface area contributed by atoms with Gasteiger partial charge in [0.2, 0.25) is 5.91 Å². The van der Waals surface area contributed by atoms with E-state index < -0.39 is 53.7 Å². The molecule has 0 bridgehead atoms. The molecule has 39 heavy (non-hydrogen) atoms. The summed E-state index contributed by atoms with van der Waals surface area (Å²) in [4.78, 5) is 15.8. The summed E-state index contributed by atoms with van der Waals surface area (Å²) >= 11 is 0. The number of halogens is 9. The third-order valence-electron chi connectivity index (χ3n) is 7.24. The fourth-order valence-corrected chi connectivity index (χ4v) is 5.19. The van der Waals surface area contributed by atoms with Crippen molar-refractivity contribution in [1.82, 2.24) is 4.90 Å². The van der Waals surface area contributed by atoms with Gasteiger partial charge in [-0.25, -0.2) is 0 Å². The van der Waals surface area contributed by atoms with Crippen LogP contribution < -0.4 is 4.90 Å². The van der Waals surface area contributed by atoms with Crippen LogP contribution in [0.4, 0.5) is 45.2 Å². The van der Waals surface area contributed by atoms with Gasteiger partial charge in [0.1, 0.15) is 0 Å². The first-order chi connectivity index (χ1) is 17.9. The Bertz CT molecular complexity index is 1200. The van der Waals surface area contributed by atoms with Crippen molar-refractivity contribution in [2.24, 2.45) is 5.92 Å². The molecule has 0 unspecified atom stereocenters. The summed E-state index contributed by atoms with van der Waals surface area (Å²) in [5.74, 6) is -0.287. The van der Waals surface area contributed by atoms with E-state index in [1.165, 1.54) is 13.0 Å². The number of hydrogen-bond acceptors (Lipinski definition) is 2. The Morgan fingerprint density at radius 2 is 1.46 bits per heavy atom. The molecule has 3 nitrogen and oxygen atoms in total. The third-order valence-corrected chi connectivity index (χ3v) is 7.24. The number of anilines is 1. The third kappa shape index (κ3) is 6.63. The molecular formula is C27H27F9N2O. The molecule has 0 spiro atoms. The number of fused-ring (bicyclic) bond motifs is 1. The number of rotatable bonds is 5. The molecule has 0 saturated heterocycles. The minimum Gasteiger partial charge on any atom is -0.371 e. The maximum atomic E-state index is 13.8. The Labute approximate surface area is 219 Å². The van der Waals surface area contributed by atoms with Crippen molar-refractivity contribution in [3.63, 3.8) is 0 Å². The SMILES string of the molecule is CC(=O)N(Cc1cc(C(F)(F)F)cc(C(F)(F)F)c1)[C@H]1CCCN(CC2CC2)c2cc(C(F)(F)F)c(C)cc21. The highest BCUT2D eigenvalue weighted by Gasteiger charge is 2.39. The zero-order valence-electron chi connectivity index (χ0n) is 21.2. The summed E-state index contributed by atoms with van der Waals surface area (Å²) in [7, 11) is 0. The van der Waals surface area contributed by atoms with Crippen molar-refractivity contribution in [2.45, 2.75) is 70.6 Å². The maximum absolute atomic E-state index is 13.8. The summed E-state index contributed by atoms with van der Waals surface area (Å²) in [5, 5.41) is 0. The van der Waals surface area contributed by atoms with Gasteiger partial charge in [-0.15, -0.1) is 0 Å². The molecule has 2 aliphatic rings. The molecule has 2 aromatic rings. The Balaban J connectivity index is 1.80. The van der Waals surface area contributed by atoms with E-state index in [-0.39, 0.29) is 29.3 Å². The van der Waals surface area contributed by atoms with Crippen LogP contribution in [0.25, 0.3) is 0 Å². The van der Waals surface area contributed by atoms with Crippen LogP contribution in [0.2, 0.25) is 0 Å². The normalized spacial score (nSPS) is 18.5. The first-order valence-electron chi connectivity index (χ1n) is 12.5. The van der Waals surface area contributed by atoms with E-state index in [1.807, 2.05) is 4.90 Å². The van der Waals surface area contributed by atoms with Crippen molar-refractivity contribution in [3.8, 4) is 0 Å². The molecule has 1 aliphatic carbocycles. The molecule has 1 heterocycles. The molecule has 1 aliphatic heterocycles. The standard InChI is InChI=1S/C27H27F9N2O/c1-15-8-21-23(4-3-7-37(13-17-5-6-17)24(21)12-22(15)27(34,35)36)38(16(2)39)14-18-9-19(25(28,29)30)11-20(10-18)26(31,32)33/h8-12,17,23H,3-7,13-14H2,1-2H3/t23-/m0/s1. The van der Waals surface area contributed by atoms with Crippen LogP contribution in [0, 0.1) is 12.8 Å². The van der Waals surface area contributed by atoms with Crippen LogP contribution in [-0.4, -0.2) is 23.9 Å². The average Bonchev–Trinajstić information content (AvgIpc) is 3.63. The maximum Gasteiger partial charge on any atom is 0.416 e. The second kappa shape index (κ2) is 10.2. The Hall–Kier alpha value is -2.92. The van der Waals surface area contributed by atoms with Crippen LogP contribution in [0.5, 0.6) is 0 Å². The first kappa shape index (κ1) is 29.1. The van der Waals surface area contributed by atoms with E-state index in [4.69, 9.17) is 0 Å². The predicted molar refractivity (Wildman–Crippen MR) is 126 cm³/mol. The Morgan fingerprint density at radius 1 is 0.872 bits per heavy atom. The van der Waals surface area contributed by atoms with Crippen LogP contribution in [0.1, 0.15) is 72.0 Å². The second-order valence-corrected chi connectivity index (χ2v) is 10.3. The highest BCUT2D eigenvalue weighted by Crippen LogP contribution is 2.44. The molecule has 1 saturated carbocycles. The lowest BCUT2D eigenvalue weighted by molar-refractivity contribution is -0.143. The van der Waals surface area contributed by atoms with Gasteiger partial charge in [0.05, 0.1) is 22.7 Å². The number of alkyl halides is 9. The van der Waals surface area contributed by atoms with Gasteiger partial charge in [-0.2, -0.15) is 39.5 Å². The van der Waals surface area contributed by atoms with E-state index in [0.717, 1.165) is 30.7 Å². The molecule has 0 N–H and O–H groups in total. The van der Waals surface area contributed by atoms with Gasteiger partial charge in [0.15, 0.2) is 0 Å². The monoisotopic (exact) mass is 566 g/mol. The van der Waals surface area contributed by atoms with E-state index in [9.17, 15) is 44.3 Å². The molecule has 1 amide bonds. The molecule has 4 rings (SSSR count). The zero-order chi connectivity index (χ0) is 28.9. The molecule has 12 heteroatoms. The lowest BCUT2D eigenvalue weighted by Crippen LogP contribution is -2.33. The lowest BCUT2D eigenvalue weighted by atomic mass is 9.94. The molecular weight excluding hydrogens is 539 g/mol. The largest absolute Gasteiger partial charge is 0.416 e. The van der Waals surface area contributed by atoms with Gasteiger partial charge in [0.25, 0.3) is 0 Å². The lowest BCUT2D eigenvalue weighted by Gasteiger charge is -2.33. The zero-order valence-corrected chi connectivity index (χ0v) is 21.2. The summed E-state index contributed by atoms with van der Waals surface area (Å²) in [5.41, 5.74) is -3.61. The van der Waals surface area contributed by atoms with Gasteiger partial charge in [0, 0.05) is 32.2 Å². The minimum absolute atomic E-state index is 0.0142. The average molecular weight is 567 g/mol. The summed E-state index contributed by atoms with van der Waals surface area (Å²) in [6.07, 6.45) is -12.1. The van der Waals surface area contributed by atoms with Crippen molar-refractivity contribution in [2.75, 3.05) is 18.0 Å². The molecule has 0 radical (unpaired) electrons. The number of aryl methyl sites for hydroxylation is 1. The van der Waals surface area contributed by atoms with Crippen molar-refractivity contribution >= 4 is 11.6 Å². The molecule has 0 aromatic heterocycles.